The monoisotopic (exact) mass is 564 g/mol. The third kappa shape index (κ3) is 5.49. The van der Waals surface area contributed by atoms with Crippen LogP contribution in [0, 0.1) is 46.3 Å². The van der Waals surface area contributed by atoms with E-state index >= 15 is 0 Å². The van der Waals surface area contributed by atoms with E-state index < -0.39 is 0 Å². The van der Waals surface area contributed by atoms with Crippen LogP contribution >= 0.6 is 11.9 Å². The highest BCUT2D eigenvalue weighted by molar-refractivity contribution is 7.98. The number of nitrogens with one attached hydrogen (secondary N) is 2. The van der Waals surface area contributed by atoms with Gasteiger partial charge < -0.3 is 5.32 Å². The van der Waals surface area contributed by atoms with E-state index in [1.54, 1.807) is 0 Å². The minimum Gasteiger partial charge on any atom is -0.337 e. The molecule has 0 radical (unpaired) electrons. The van der Waals surface area contributed by atoms with Crippen molar-refractivity contribution in [3.63, 3.8) is 0 Å². The van der Waals surface area contributed by atoms with E-state index in [1.165, 1.54) is 114 Å². The Balaban J connectivity index is 0.987. The Hall–Kier alpha value is -1.16. The zero-order valence-corrected chi connectivity index (χ0v) is 26.5. The van der Waals surface area contributed by atoms with Gasteiger partial charge in [0.2, 0.25) is 0 Å². The lowest BCUT2D eigenvalue weighted by Gasteiger charge is -2.62. The predicted octanol–water partition coefficient (Wildman–Crippen LogP) is 10.1. The van der Waals surface area contributed by atoms with Crippen LogP contribution in [-0.4, -0.2) is 12.6 Å². The summed E-state index contributed by atoms with van der Waals surface area (Å²) in [4.78, 5) is 13.8. The van der Waals surface area contributed by atoms with Gasteiger partial charge in [-0.25, -0.2) is 4.79 Å². The van der Waals surface area contributed by atoms with Crippen molar-refractivity contribution < 1.29 is 4.79 Å². The van der Waals surface area contributed by atoms with Crippen molar-refractivity contribution >= 4 is 18.0 Å². The molecular weight excluding hydrogens is 508 g/mol. The molecule has 2 N–H and O–H groups in total. The molecule has 5 aliphatic carbocycles. The number of hydrogen-bond donors (Lipinski definition) is 2. The fraction of sp³-hybridized carbons (Fsp3) is 0.806. The topological polar surface area (TPSA) is 41.1 Å². The third-order valence-electron chi connectivity index (χ3n) is 13.5. The molecule has 0 aliphatic heterocycles. The average molecular weight is 565 g/mol. The number of carbonyl (C=O) groups is 1. The van der Waals surface area contributed by atoms with Crippen molar-refractivity contribution in [1.29, 1.82) is 0 Å². The first-order valence-corrected chi connectivity index (χ1v) is 18.0. The van der Waals surface area contributed by atoms with E-state index in [-0.39, 0.29) is 6.03 Å². The molecule has 1 aromatic rings. The summed E-state index contributed by atoms with van der Waals surface area (Å²) < 4.78 is 3.03. The SMILES string of the molecule is CC[C@H]1CC2C3CCC(CCNC(=O)NSc4ccc(C5CCCCC5)cc4)C3(C)CC[C@@H]2C2(C)CCCCC12. The van der Waals surface area contributed by atoms with E-state index in [1.807, 2.05) is 0 Å². The normalized spacial score (nSPS) is 39.6. The van der Waals surface area contributed by atoms with Crippen LogP contribution in [0.25, 0.3) is 0 Å². The van der Waals surface area contributed by atoms with Crippen LogP contribution in [0.15, 0.2) is 29.2 Å². The standard InChI is InChI=1S/C36H56N2OS/c1-4-25-24-30-32-18-15-28(35(32,2)22-19-33(30)36(3)21-9-8-12-31(25)36)20-23-37-34(39)38-40-29-16-13-27(14-17-29)26-10-6-5-7-11-26/h13-14,16-17,25-26,28,30-33H,4-12,15,18-24H2,1-3H3,(H2,37,38,39)/t25-,28?,30?,31?,32?,33-,35?,36?/m0/s1. The molecule has 0 spiro atoms. The third-order valence-corrected chi connectivity index (χ3v) is 14.3. The predicted molar refractivity (Wildman–Crippen MR) is 168 cm³/mol. The van der Waals surface area contributed by atoms with Crippen LogP contribution in [-0.2, 0) is 0 Å². The number of hydrogen-bond acceptors (Lipinski definition) is 2. The molecule has 40 heavy (non-hydrogen) atoms. The molecule has 8 atom stereocenters. The van der Waals surface area contributed by atoms with Crippen molar-refractivity contribution in [3.8, 4) is 0 Å². The summed E-state index contributed by atoms with van der Waals surface area (Å²) in [5, 5.41) is 3.20. The quantitative estimate of drug-likeness (QED) is 0.323. The van der Waals surface area contributed by atoms with Crippen LogP contribution < -0.4 is 10.0 Å². The lowest BCUT2D eigenvalue weighted by atomic mass is 9.42. The number of benzene rings is 1. The molecule has 6 unspecified atom stereocenters. The molecule has 2 amide bonds. The Labute approximate surface area is 249 Å². The molecule has 5 aliphatic rings. The summed E-state index contributed by atoms with van der Waals surface area (Å²) in [7, 11) is 0. The second-order valence-electron chi connectivity index (χ2n) is 15.1. The van der Waals surface area contributed by atoms with Gasteiger partial charge in [0.15, 0.2) is 0 Å². The van der Waals surface area contributed by atoms with Crippen LogP contribution in [0.5, 0.6) is 0 Å². The Bertz CT molecular complexity index is 1000. The van der Waals surface area contributed by atoms with Gasteiger partial charge >= 0.3 is 6.03 Å². The lowest BCUT2D eigenvalue weighted by molar-refractivity contribution is -0.135. The summed E-state index contributed by atoms with van der Waals surface area (Å²) in [6, 6.07) is 8.85. The first-order chi connectivity index (χ1) is 19.4. The summed E-state index contributed by atoms with van der Waals surface area (Å²) >= 11 is 1.45. The van der Waals surface area contributed by atoms with Crippen molar-refractivity contribution in [1.82, 2.24) is 10.0 Å². The number of carbonyl (C=O) groups excluding carboxylic acids is 1. The van der Waals surface area contributed by atoms with Gasteiger partial charge in [0.05, 0.1) is 0 Å². The van der Waals surface area contributed by atoms with Crippen LogP contribution in [0.2, 0.25) is 0 Å². The highest BCUT2D eigenvalue weighted by atomic mass is 32.2. The smallest absolute Gasteiger partial charge is 0.325 e. The Kier molecular flexibility index (Phi) is 8.84. The second kappa shape index (κ2) is 12.2. The average Bonchev–Trinajstić information content (AvgIpc) is 3.32. The summed E-state index contributed by atoms with van der Waals surface area (Å²) in [5.74, 6) is 6.26. The van der Waals surface area contributed by atoms with Crippen LogP contribution in [0.4, 0.5) is 4.79 Å². The van der Waals surface area contributed by atoms with Gasteiger partial charge in [-0.05, 0) is 146 Å². The van der Waals surface area contributed by atoms with Gasteiger partial charge in [-0.2, -0.15) is 0 Å². The summed E-state index contributed by atoms with van der Waals surface area (Å²) in [6.45, 7) is 8.64. The van der Waals surface area contributed by atoms with Gasteiger partial charge in [-0.1, -0.05) is 71.4 Å². The van der Waals surface area contributed by atoms with Crippen molar-refractivity contribution in [3.05, 3.63) is 29.8 Å². The molecule has 0 saturated heterocycles. The van der Waals surface area contributed by atoms with Crippen LogP contribution in [0.3, 0.4) is 0 Å². The lowest BCUT2D eigenvalue weighted by Crippen LogP contribution is -2.55. The highest BCUT2D eigenvalue weighted by Gasteiger charge is 2.60. The Morgan fingerprint density at radius 1 is 0.850 bits per heavy atom. The molecule has 4 heteroatoms. The maximum atomic E-state index is 12.7. The molecule has 3 nitrogen and oxygen atoms in total. The number of urea groups is 1. The minimum atomic E-state index is -0.0425. The molecule has 5 saturated carbocycles. The molecule has 222 valence electrons. The Morgan fingerprint density at radius 3 is 2.38 bits per heavy atom. The fourth-order valence-corrected chi connectivity index (χ4v) is 11.9. The maximum absolute atomic E-state index is 12.7. The van der Waals surface area contributed by atoms with E-state index in [4.69, 9.17) is 0 Å². The van der Waals surface area contributed by atoms with Gasteiger partial charge in [0.25, 0.3) is 0 Å². The van der Waals surface area contributed by atoms with E-state index in [0.29, 0.717) is 10.8 Å². The van der Waals surface area contributed by atoms with Crippen molar-refractivity contribution in [2.75, 3.05) is 6.54 Å². The number of rotatable bonds is 7. The second-order valence-corrected chi connectivity index (χ2v) is 16.0. The highest BCUT2D eigenvalue weighted by Crippen LogP contribution is 2.69. The molecule has 0 bridgehead atoms. The van der Waals surface area contributed by atoms with Crippen molar-refractivity contribution in [2.45, 2.75) is 134 Å². The maximum Gasteiger partial charge on any atom is 0.325 e. The molecule has 5 fully saturated rings. The van der Waals surface area contributed by atoms with E-state index in [0.717, 1.165) is 59.3 Å². The zero-order chi connectivity index (χ0) is 27.7. The van der Waals surface area contributed by atoms with Crippen LogP contribution in [0.1, 0.15) is 135 Å². The van der Waals surface area contributed by atoms with Crippen molar-refractivity contribution in [2.24, 2.45) is 46.3 Å². The molecule has 6 rings (SSSR count). The van der Waals surface area contributed by atoms with Gasteiger partial charge in [-0.3, -0.25) is 4.72 Å². The van der Waals surface area contributed by atoms with E-state index in [9.17, 15) is 4.79 Å². The largest absolute Gasteiger partial charge is 0.337 e. The summed E-state index contributed by atoms with van der Waals surface area (Å²) in [6.07, 6.45) is 22.4. The first-order valence-electron chi connectivity index (χ1n) is 17.2. The first kappa shape index (κ1) is 28.9. The van der Waals surface area contributed by atoms with E-state index in [2.05, 4.69) is 55.1 Å². The van der Waals surface area contributed by atoms with Gasteiger partial charge in [0, 0.05) is 11.4 Å². The molecular formula is C36H56N2OS. The molecule has 0 aromatic heterocycles. The minimum absolute atomic E-state index is 0.0425. The van der Waals surface area contributed by atoms with Gasteiger partial charge in [0.1, 0.15) is 0 Å². The fourth-order valence-electron chi connectivity index (χ4n) is 11.3. The Morgan fingerprint density at radius 2 is 1.60 bits per heavy atom. The zero-order valence-electron chi connectivity index (χ0n) is 25.7. The number of amides is 2. The molecule has 0 heterocycles. The molecule has 1 aromatic carbocycles. The number of fused-ring (bicyclic) bond motifs is 5. The summed E-state index contributed by atoms with van der Waals surface area (Å²) in [5.41, 5.74) is 2.55. The van der Waals surface area contributed by atoms with Gasteiger partial charge in [-0.15, -0.1) is 0 Å².